The largest absolute Gasteiger partial charge is 0.508 e. The number of aromatic hydroxyl groups is 1. The van der Waals surface area contributed by atoms with Crippen LogP contribution in [-0.4, -0.2) is 18.3 Å². The highest BCUT2D eigenvalue weighted by molar-refractivity contribution is 5.43. The Hall–Kier alpha value is -1.80. The summed E-state index contributed by atoms with van der Waals surface area (Å²) in [7, 11) is 1.52. The molecule has 0 aromatic heterocycles. The van der Waals surface area contributed by atoms with Gasteiger partial charge in [-0.25, -0.2) is 4.79 Å². The minimum atomic E-state index is -0.366. The van der Waals surface area contributed by atoms with Gasteiger partial charge in [0.05, 0.1) is 13.2 Å². The number of nitrogens with zero attached hydrogens (tertiary/aromatic N) is 1. The third kappa shape index (κ3) is 2.12. The van der Waals surface area contributed by atoms with E-state index >= 15 is 0 Å². The quantitative estimate of drug-likeness (QED) is 0.588. The summed E-state index contributed by atoms with van der Waals surface area (Å²) in [6.45, 7) is 1.72. The van der Waals surface area contributed by atoms with E-state index in [9.17, 15) is 9.90 Å². The van der Waals surface area contributed by atoms with E-state index in [1.54, 1.807) is 13.0 Å². The normalized spacial score (nSPS) is 11.6. The van der Waals surface area contributed by atoms with Crippen molar-refractivity contribution >= 4 is 6.08 Å². The molecule has 0 amide bonds. The fourth-order valence-electron chi connectivity index (χ4n) is 1.20. The molecule has 1 aromatic rings. The molecule has 0 aliphatic carbocycles. The molecule has 1 rings (SSSR count). The second kappa shape index (κ2) is 4.44. The van der Waals surface area contributed by atoms with E-state index in [1.165, 1.54) is 25.3 Å². The van der Waals surface area contributed by atoms with Crippen LogP contribution < -0.4 is 4.74 Å². The highest BCUT2D eigenvalue weighted by Crippen LogP contribution is 2.30. The van der Waals surface area contributed by atoms with E-state index in [2.05, 4.69) is 4.99 Å². The van der Waals surface area contributed by atoms with Crippen molar-refractivity contribution in [2.45, 2.75) is 13.0 Å². The zero-order valence-corrected chi connectivity index (χ0v) is 8.02. The van der Waals surface area contributed by atoms with Gasteiger partial charge in [0.2, 0.25) is 6.08 Å². The summed E-state index contributed by atoms with van der Waals surface area (Å²) in [6, 6.07) is 4.29. The summed E-state index contributed by atoms with van der Waals surface area (Å²) in [5.41, 5.74) is 0.663. The second-order valence-corrected chi connectivity index (χ2v) is 2.82. The maximum Gasteiger partial charge on any atom is 0.235 e. The zero-order valence-electron chi connectivity index (χ0n) is 8.02. The van der Waals surface area contributed by atoms with Crippen molar-refractivity contribution in [3.05, 3.63) is 23.8 Å². The summed E-state index contributed by atoms with van der Waals surface area (Å²) in [5, 5.41) is 9.25. The molecule has 0 saturated heterocycles. The van der Waals surface area contributed by atoms with Crippen LogP contribution >= 0.6 is 0 Å². The standard InChI is InChI=1S/C10H11NO3/c1-7(11-6-12)9-5-8(13)3-4-10(9)14-2/h3-5,7,13H,1-2H3. The molecule has 74 valence electrons. The smallest absolute Gasteiger partial charge is 0.235 e. The number of phenols is 1. The van der Waals surface area contributed by atoms with Crippen LogP contribution in [0.1, 0.15) is 18.5 Å². The molecule has 1 unspecified atom stereocenters. The highest BCUT2D eigenvalue weighted by atomic mass is 16.5. The number of carbonyl (C=O) groups excluding carboxylic acids is 1. The SMILES string of the molecule is COc1ccc(O)cc1C(C)N=C=O. The van der Waals surface area contributed by atoms with E-state index in [0.29, 0.717) is 11.3 Å². The van der Waals surface area contributed by atoms with Gasteiger partial charge in [-0.2, -0.15) is 4.99 Å². The second-order valence-electron chi connectivity index (χ2n) is 2.82. The molecule has 14 heavy (non-hydrogen) atoms. The third-order valence-corrected chi connectivity index (χ3v) is 1.91. The fourth-order valence-corrected chi connectivity index (χ4v) is 1.20. The van der Waals surface area contributed by atoms with Crippen molar-refractivity contribution in [3.63, 3.8) is 0 Å². The van der Waals surface area contributed by atoms with Crippen LogP contribution in [0.2, 0.25) is 0 Å². The van der Waals surface area contributed by atoms with E-state index in [0.717, 1.165) is 0 Å². The Bertz CT molecular complexity index is 370. The van der Waals surface area contributed by atoms with Gasteiger partial charge in [-0.15, -0.1) is 0 Å². The average Bonchev–Trinajstić information content (AvgIpc) is 2.18. The number of aliphatic imine (C=N–C) groups is 1. The van der Waals surface area contributed by atoms with Gasteiger partial charge >= 0.3 is 0 Å². The molecule has 0 radical (unpaired) electrons. The van der Waals surface area contributed by atoms with Crippen LogP contribution in [-0.2, 0) is 4.79 Å². The Kier molecular flexibility index (Phi) is 3.26. The van der Waals surface area contributed by atoms with Crippen molar-refractivity contribution in [3.8, 4) is 11.5 Å². The number of methoxy groups -OCH3 is 1. The highest BCUT2D eigenvalue weighted by Gasteiger charge is 2.10. The molecule has 0 fully saturated rings. The van der Waals surface area contributed by atoms with Gasteiger partial charge in [0.25, 0.3) is 0 Å². The summed E-state index contributed by atoms with van der Waals surface area (Å²) >= 11 is 0. The molecular formula is C10H11NO3. The monoisotopic (exact) mass is 193 g/mol. The lowest BCUT2D eigenvalue weighted by Gasteiger charge is -2.10. The van der Waals surface area contributed by atoms with Gasteiger partial charge in [-0.1, -0.05) is 0 Å². The van der Waals surface area contributed by atoms with E-state index < -0.39 is 0 Å². The first-order valence-electron chi connectivity index (χ1n) is 4.13. The minimum absolute atomic E-state index is 0.119. The number of hydrogen-bond donors (Lipinski definition) is 1. The Morgan fingerprint density at radius 1 is 1.57 bits per heavy atom. The van der Waals surface area contributed by atoms with Gasteiger partial charge < -0.3 is 9.84 Å². The summed E-state index contributed by atoms with van der Waals surface area (Å²) in [6.07, 6.45) is 1.47. The Morgan fingerprint density at radius 2 is 2.29 bits per heavy atom. The first kappa shape index (κ1) is 10.3. The number of phenolic OH excluding ortho intramolecular Hbond substituents is 1. The van der Waals surface area contributed by atoms with Gasteiger partial charge in [-0.3, -0.25) is 0 Å². The maximum atomic E-state index is 10.1. The first-order chi connectivity index (χ1) is 6.69. The number of ether oxygens (including phenoxy) is 1. The topological polar surface area (TPSA) is 58.9 Å². The summed E-state index contributed by atoms with van der Waals surface area (Å²) < 4.78 is 5.07. The van der Waals surface area contributed by atoms with E-state index in [-0.39, 0.29) is 11.8 Å². The Morgan fingerprint density at radius 3 is 2.86 bits per heavy atom. The number of benzene rings is 1. The molecule has 0 heterocycles. The molecule has 0 spiro atoms. The van der Waals surface area contributed by atoms with Gasteiger partial charge in [0, 0.05) is 5.56 Å². The maximum absolute atomic E-state index is 10.1. The molecule has 4 nitrogen and oxygen atoms in total. The van der Waals surface area contributed by atoms with Crippen LogP contribution in [0.3, 0.4) is 0 Å². The molecule has 1 aromatic carbocycles. The lowest BCUT2D eigenvalue weighted by atomic mass is 10.1. The predicted octanol–water partition coefficient (Wildman–Crippen LogP) is 1.80. The Labute approximate surface area is 81.9 Å². The van der Waals surface area contributed by atoms with Crippen molar-refractivity contribution in [1.29, 1.82) is 0 Å². The predicted molar refractivity (Wildman–Crippen MR) is 51.2 cm³/mol. The average molecular weight is 193 g/mol. The molecule has 1 N–H and O–H groups in total. The van der Waals surface area contributed by atoms with Gasteiger partial charge in [0.15, 0.2) is 0 Å². The lowest BCUT2D eigenvalue weighted by Crippen LogP contribution is -1.94. The van der Waals surface area contributed by atoms with Crippen LogP contribution in [0, 0.1) is 0 Å². The number of hydrogen-bond acceptors (Lipinski definition) is 4. The minimum Gasteiger partial charge on any atom is -0.508 e. The molecule has 0 aliphatic rings. The van der Waals surface area contributed by atoms with Crippen LogP contribution in [0.25, 0.3) is 0 Å². The van der Waals surface area contributed by atoms with Crippen LogP contribution in [0.15, 0.2) is 23.2 Å². The fraction of sp³-hybridized carbons (Fsp3) is 0.300. The van der Waals surface area contributed by atoms with Crippen molar-refractivity contribution in [2.24, 2.45) is 4.99 Å². The van der Waals surface area contributed by atoms with Crippen molar-refractivity contribution in [2.75, 3.05) is 7.11 Å². The zero-order chi connectivity index (χ0) is 10.6. The molecule has 0 aliphatic heterocycles. The lowest BCUT2D eigenvalue weighted by molar-refractivity contribution is 0.404. The van der Waals surface area contributed by atoms with Crippen LogP contribution in [0.4, 0.5) is 0 Å². The number of isocyanates is 1. The Balaban J connectivity index is 3.15. The number of rotatable bonds is 3. The summed E-state index contributed by atoms with van der Waals surface area (Å²) in [5.74, 6) is 0.711. The van der Waals surface area contributed by atoms with Crippen LogP contribution in [0.5, 0.6) is 11.5 Å². The van der Waals surface area contributed by atoms with Gasteiger partial charge in [-0.05, 0) is 25.1 Å². The molecular weight excluding hydrogens is 182 g/mol. The molecule has 4 heteroatoms. The molecule has 0 bridgehead atoms. The third-order valence-electron chi connectivity index (χ3n) is 1.91. The summed E-state index contributed by atoms with van der Waals surface area (Å²) in [4.78, 5) is 13.6. The van der Waals surface area contributed by atoms with Crippen molar-refractivity contribution < 1.29 is 14.6 Å². The molecule has 0 saturated carbocycles. The van der Waals surface area contributed by atoms with E-state index in [1.807, 2.05) is 0 Å². The molecule has 1 atom stereocenters. The van der Waals surface area contributed by atoms with Gasteiger partial charge in [0.1, 0.15) is 11.5 Å². The first-order valence-corrected chi connectivity index (χ1v) is 4.13. The van der Waals surface area contributed by atoms with E-state index in [4.69, 9.17) is 4.74 Å². The van der Waals surface area contributed by atoms with Crippen molar-refractivity contribution in [1.82, 2.24) is 0 Å².